The predicted molar refractivity (Wildman–Crippen MR) is 79.3 cm³/mol. The monoisotopic (exact) mass is 342 g/mol. The summed E-state index contributed by atoms with van der Waals surface area (Å²) in [6, 6.07) is 23.6. The van der Waals surface area contributed by atoms with E-state index < -0.39 is 10.1 Å². The van der Waals surface area contributed by atoms with E-state index in [0.29, 0.717) is 5.56 Å². The Morgan fingerprint density at radius 2 is 1.48 bits per heavy atom. The SMILES string of the molecule is O=S(=O)(O)c1ccccc1-[c-]1cccc1.[Fe+2].c1cc[cH-]c1. The van der Waals surface area contributed by atoms with Gasteiger partial charge in [0.2, 0.25) is 0 Å². The van der Waals surface area contributed by atoms with Crippen molar-refractivity contribution in [2.45, 2.75) is 4.90 Å². The zero-order valence-corrected chi connectivity index (χ0v) is 13.0. The Labute approximate surface area is 135 Å². The van der Waals surface area contributed by atoms with Crippen molar-refractivity contribution < 1.29 is 30.0 Å². The van der Waals surface area contributed by atoms with Gasteiger partial charge in [0, 0.05) is 4.90 Å². The van der Waals surface area contributed by atoms with Gasteiger partial charge in [0.15, 0.2) is 0 Å². The molecular formula is C16H14FeO3S. The molecule has 0 aliphatic heterocycles. The van der Waals surface area contributed by atoms with Crippen molar-refractivity contribution >= 4 is 10.1 Å². The average molecular weight is 342 g/mol. The third-order valence-electron chi connectivity index (χ3n) is 2.69. The molecule has 0 heterocycles. The molecule has 0 saturated carbocycles. The van der Waals surface area contributed by atoms with E-state index in [1.54, 1.807) is 30.3 Å². The molecule has 3 aromatic carbocycles. The van der Waals surface area contributed by atoms with Crippen LogP contribution in [0.4, 0.5) is 0 Å². The van der Waals surface area contributed by atoms with E-state index in [0.717, 1.165) is 5.56 Å². The maximum atomic E-state index is 11.1. The average Bonchev–Trinajstić information content (AvgIpc) is 3.14. The second-order valence-corrected chi connectivity index (χ2v) is 5.50. The van der Waals surface area contributed by atoms with Crippen LogP contribution in [0.25, 0.3) is 11.1 Å². The largest absolute Gasteiger partial charge is 2.00 e. The van der Waals surface area contributed by atoms with Crippen LogP contribution >= 0.6 is 0 Å². The molecule has 0 unspecified atom stereocenters. The molecule has 0 radical (unpaired) electrons. The number of rotatable bonds is 2. The number of benzene rings is 1. The van der Waals surface area contributed by atoms with Crippen LogP contribution in [0, 0.1) is 0 Å². The molecular weight excluding hydrogens is 328 g/mol. The normalized spacial score (nSPS) is 10.1. The van der Waals surface area contributed by atoms with E-state index in [9.17, 15) is 8.42 Å². The maximum Gasteiger partial charge on any atom is 2.00 e. The summed E-state index contributed by atoms with van der Waals surface area (Å²) < 4.78 is 31.2. The molecule has 3 nitrogen and oxygen atoms in total. The summed E-state index contributed by atoms with van der Waals surface area (Å²) in [6.07, 6.45) is 0. The summed E-state index contributed by atoms with van der Waals surface area (Å²) in [5.74, 6) is 0. The van der Waals surface area contributed by atoms with E-state index in [1.165, 1.54) is 6.07 Å². The van der Waals surface area contributed by atoms with Crippen molar-refractivity contribution in [3.05, 3.63) is 78.9 Å². The fourth-order valence-electron chi connectivity index (χ4n) is 1.80. The first-order valence-electron chi connectivity index (χ1n) is 6.04. The Bertz CT molecular complexity index is 712. The fraction of sp³-hybridized carbons (Fsp3) is 0. The van der Waals surface area contributed by atoms with Gasteiger partial charge in [-0.3, -0.25) is 4.55 Å². The van der Waals surface area contributed by atoms with Crippen LogP contribution in [-0.4, -0.2) is 13.0 Å². The number of hydrogen-bond acceptors (Lipinski definition) is 2. The molecule has 0 spiro atoms. The molecule has 110 valence electrons. The quantitative estimate of drug-likeness (QED) is 0.439. The van der Waals surface area contributed by atoms with E-state index in [4.69, 9.17) is 4.55 Å². The zero-order chi connectivity index (χ0) is 14.4. The Balaban J connectivity index is 0.000000313. The van der Waals surface area contributed by atoms with Gasteiger partial charge in [-0.25, -0.2) is 20.6 Å². The molecule has 0 fully saturated rings. The fourth-order valence-corrected chi connectivity index (χ4v) is 2.52. The summed E-state index contributed by atoms with van der Waals surface area (Å²) in [7, 11) is -4.16. The Hall–Kier alpha value is -1.65. The minimum absolute atomic E-state index is 0. The minimum Gasteiger partial charge on any atom is -0.287 e. The molecule has 0 aliphatic carbocycles. The first-order valence-corrected chi connectivity index (χ1v) is 7.48. The van der Waals surface area contributed by atoms with E-state index in [1.807, 2.05) is 42.5 Å². The van der Waals surface area contributed by atoms with Gasteiger partial charge in [0.05, 0.1) is 0 Å². The summed E-state index contributed by atoms with van der Waals surface area (Å²) in [5.41, 5.74) is 1.30. The van der Waals surface area contributed by atoms with Crippen LogP contribution in [0.1, 0.15) is 0 Å². The van der Waals surface area contributed by atoms with Crippen molar-refractivity contribution in [3.8, 4) is 11.1 Å². The van der Waals surface area contributed by atoms with E-state index in [-0.39, 0.29) is 22.0 Å². The molecule has 0 bridgehead atoms. The van der Waals surface area contributed by atoms with Crippen molar-refractivity contribution in [1.82, 2.24) is 0 Å². The first-order chi connectivity index (χ1) is 9.59. The molecule has 0 saturated heterocycles. The molecule has 0 aliphatic rings. The van der Waals surface area contributed by atoms with Crippen LogP contribution in [-0.2, 0) is 27.2 Å². The third-order valence-corrected chi connectivity index (χ3v) is 3.61. The van der Waals surface area contributed by atoms with E-state index >= 15 is 0 Å². The van der Waals surface area contributed by atoms with Gasteiger partial charge in [-0.05, 0) is 0 Å². The molecule has 21 heavy (non-hydrogen) atoms. The van der Waals surface area contributed by atoms with Crippen LogP contribution < -0.4 is 0 Å². The molecule has 0 atom stereocenters. The van der Waals surface area contributed by atoms with Crippen molar-refractivity contribution in [1.29, 1.82) is 0 Å². The molecule has 3 rings (SSSR count). The third kappa shape index (κ3) is 4.99. The van der Waals surface area contributed by atoms with Gasteiger partial charge < -0.3 is 0 Å². The van der Waals surface area contributed by atoms with Gasteiger partial charge in [-0.15, -0.1) is 18.2 Å². The van der Waals surface area contributed by atoms with Gasteiger partial charge >= 0.3 is 17.1 Å². The number of hydrogen-bond donors (Lipinski definition) is 1. The van der Waals surface area contributed by atoms with Gasteiger partial charge in [-0.1, -0.05) is 29.3 Å². The van der Waals surface area contributed by atoms with Crippen molar-refractivity contribution in [3.63, 3.8) is 0 Å². The predicted octanol–water partition coefficient (Wildman–Crippen LogP) is 3.72. The second kappa shape index (κ2) is 7.96. The Morgan fingerprint density at radius 1 is 0.905 bits per heavy atom. The van der Waals surface area contributed by atoms with Crippen molar-refractivity contribution in [2.75, 3.05) is 0 Å². The summed E-state index contributed by atoms with van der Waals surface area (Å²) >= 11 is 0. The van der Waals surface area contributed by atoms with Gasteiger partial charge in [0.1, 0.15) is 0 Å². The van der Waals surface area contributed by atoms with Gasteiger partial charge in [0.25, 0.3) is 10.1 Å². The molecule has 1 N–H and O–H groups in total. The van der Waals surface area contributed by atoms with Crippen LogP contribution in [0.5, 0.6) is 0 Å². The second-order valence-electron chi connectivity index (χ2n) is 4.11. The maximum absolute atomic E-state index is 11.1. The molecule has 0 aromatic heterocycles. The summed E-state index contributed by atoms with van der Waals surface area (Å²) in [4.78, 5) is -0.0591. The standard InChI is InChI=1S/C11H9O3S.C5H5.Fe/c12-15(13,14)11-8-4-3-7-10(11)9-5-1-2-6-9;1-2-4-5-3-1;/h1-8H,(H,12,13,14);1-5H;/q2*-1;+2. The topological polar surface area (TPSA) is 54.4 Å². The summed E-state index contributed by atoms with van der Waals surface area (Å²) in [5, 5.41) is 0. The molecule has 5 heteroatoms. The van der Waals surface area contributed by atoms with Crippen LogP contribution in [0.2, 0.25) is 0 Å². The zero-order valence-electron chi connectivity index (χ0n) is 11.0. The first kappa shape index (κ1) is 17.4. The van der Waals surface area contributed by atoms with Crippen molar-refractivity contribution in [2.24, 2.45) is 0 Å². The molecule has 3 aromatic rings. The Kier molecular flexibility index (Phi) is 6.59. The van der Waals surface area contributed by atoms with Gasteiger partial charge in [-0.2, -0.15) is 30.3 Å². The summed E-state index contributed by atoms with van der Waals surface area (Å²) in [6.45, 7) is 0. The van der Waals surface area contributed by atoms with Crippen LogP contribution in [0.3, 0.4) is 0 Å². The minimum atomic E-state index is -4.16. The van der Waals surface area contributed by atoms with Crippen LogP contribution in [0.15, 0.2) is 83.8 Å². The van der Waals surface area contributed by atoms with E-state index in [2.05, 4.69) is 0 Å². The smallest absolute Gasteiger partial charge is 0.287 e. The molecule has 0 amide bonds. The Morgan fingerprint density at radius 3 is 1.95 bits per heavy atom.